The molecular formula is C24H23N3O4. The number of anilines is 2. The molecule has 4 atom stereocenters. The molecule has 0 saturated carbocycles. The van der Waals surface area contributed by atoms with Crippen LogP contribution in [0.25, 0.3) is 0 Å². The second-order valence-corrected chi connectivity index (χ2v) is 8.89. The first-order valence-electron chi connectivity index (χ1n) is 10.7. The molecule has 2 aromatic rings. The fourth-order valence-corrected chi connectivity index (χ4v) is 6.30. The van der Waals surface area contributed by atoms with Gasteiger partial charge in [0.25, 0.3) is 0 Å². The van der Waals surface area contributed by atoms with Gasteiger partial charge < -0.3 is 10.1 Å². The second kappa shape index (κ2) is 6.17. The van der Waals surface area contributed by atoms with E-state index in [4.69, 9.17) is 4.74 Å². The fourth-order valence-electron chi connectivity index (χ4n) is 6.30. The maximum atomic E-state index is 13.9. The number of hydrogen-bond donors (Lipinski definition) is 1. The molecule has 4 heterocycles. The van der Waals surface area contributed by atoms with Crippen molar-refractivity contribution in [2.24, 2.45) is 11.8 Å². The maximum absolute atomic E-state index is 13.9. The Bertz CT molecular complexity index is 1140. The van der Waals surface area contributed by atoms with Gasteiger partial charge in [0.1, 0.15) is 11.3 Å². The highest BCUT2D eigenvalue weighted by atomic mass is 16.5. The van der Waals surface area contributed by atoms with Crippen LogP contribution in [0.3, 0.4) is 0 Å². The maximum Gasteiger partial charge on any atom is 0.250 e. The molecule has 31 heavy (non-hydrogen) atoms. The molecule has 2 aromatic carbocycles. The molecule has 7 heteroatoms. The minimum atomic E-state index is -1.12. The van der Waals surface area contributed by atoms with Crippen LogP contribution >= 0.6 is 0 Å². The van der Waals surface area contributed by atoms with Crippen molar-refractivity contribution in [2.75, 3.05) is 23.9 Å². The summed E-state index contributed by atoms with van der Waals surface area (Å²) >= 11 is 0. The lowest BCUT2D eigenvalue weighted by Gasteiger charge is -2.36. The molecule has 7 nitrogen and oxygen atoms in total. The van der Waals surface area contributed by atoms with Crippen molar-refractivity contribution in [3.05, 3.63) is 53.6 Å². The molecular weight excluding hydrogens is 394 g/mol. The highest BCUT2D eigenvalue weighted by molar-refractivity contribution is 6.25. The van der Waals surface area contributed by atoms with Gasteiger partial charge in [-0.25, -0.2) is 4.90 Å². The lowest BCUT2D eigenvalue weighted by atomic mass is 9.75. The number of benzene rings is 2. The van der Waals surface area contributed by atoms with Crippen LogP contribution in [0, 0.1) is 18.8 Å². The number of nitrogens with one attached hydrogen (secondary N) is 1. The van der Waals surface area contributed by atoms with Crippen molar-refractivity contribution in [1.29, 1.82) is 0 Å². The van der Waals surface area contributed by atoms with Crippen molar-refractivity contribution in [2.45, 2.75) is 31.3 Å². The summed E-state index contributed by atoms with van der Waals surface area (Å²) in [7, 11) is 1.57. The molecule has 3 saturated heterocycles. The summed E-state index contributed by atoms with van der Waals surface area (Å²) in [6.07, 6.45) is 1.72. The molecule has 0 aliphatic carbocycles. The minimum Gasteiger partial charge on any atom is -0.497 e. The minimum absolute atomic E-state index is 0.109. The van der Waals surface area contributed by atoms with Gasteiger partial charge in [0.15, 0.2) is 0 Å². The van der Waals surface area contributed by atoms with Gasteiger partial charge in [-0.05, 0) is 56.6 Å². The van der Waals surface area contributed by atoms with Crippen molar-refractivity contribution < 1.29 is 19.1 Å². The highest BCUT2D eigenvalue weighted by Crippen LogP contribution is 2.60. The Labute approximate surface area is 180 Å². The number of nitrogens with zero attached hydrogens (tertiary/aromatic N) is 2. The molecule has 3 amide bonds. The SMILES string of the molecule is COc1ccc(N2C(=O)[C@H]3[C@@H](C2=O)[C@@]2(C(=O)Nc4ccc(C)cc42)N2CCC[C@@H]32)cc1. The van der Waals surface area contributed by atoms with Gasteiger partial charge in [-0.2, -0.15) is 0 Å². The summed E-state index contributed by atoms with van der Waals surface area (Å²) in [6, 6.07) is 12.7. The monoisotopic (exact) mass is 417 g/mol. The van der Waals surface area contributed by atoms with Crippen molar-refractivity contribution in [1.82, 2.24) is 4.90 Å². The summed E-state index contributed by atoms with van der Waals surface area (Å²) < 4.78 is 5.21. The summed E-state index contributed by atoms with van der Waals surface area (Å²) in [5.74, 6) is -1.28. The van der Waals surface area contributed by atoms with Crippen LogP contribution in [-0.2, 0) is 19.9 Å². The van der Waals surface area contributed by atoms with E-state index in [0.717, 1.165) is 29.7 Å². The van der Waals surface area contributed by atoms with Crippen molar-refractivity contribution in [3.63, 3.8) is 0 Å². The Hall–Kier alpha value is -3.19. The molecule has 0 bridgehead atoms. The fraction of sp³-hybridized carbons (Fsp3) is 0.375. The van der Waals surface area contributed by atoms with Gasteiger partial charge in [0.05, 0.1) is 24.6 Å². The van der Waals surface area contributed by atoms with E-state index in [9.17, 15) is 14.4 Å². The number of aryl methyl sites for hydroxylation is 1. The predicted molar refractivity (Wildman–Crippen MR) is 114 cm³/mol. The largest absolute Gasteiger partial charge is 0.497 e. The quantitative estimate of drug-likeness (QED) is 0.760. The van der Waals surface area contributed by atoms with E-state index in [1.54, 1.807) is 31.4 Å². The molecule has 3 fully saturated rings. The van der Waals surface area contributed by atoms with Gasteiger partial charge >= 0.3 is 0 Å². The Balaban J connectivity index is 1.53. The van der Waals surface area contributed by atoms with Crippen LogP contribution in [0.15, 0.2) is 42.5 Å². The standard InChI is InChI=1S/C24H23N3O4/c1-13-5-10-17-16(12-13)24(23(30)25-17)20-19(18-4-3-11-26(18)24)21(28)27(22(20)29)14-6-8-15(31-2)9-7-14/h5-10,12,18-20H,3-4,11H2,1-2H3,(H,25,30)/t18-,19+,20-,24-/m0/s1. The zero-order chi connectivity index (χ0) is 21.5. The van der Waals surface area contributed by atoms with Crippen LogP contribution in [0.1, 0.15) is 24.0 Å². The first-order valence-corrected chi connectivity index (χ1v) is 10.7. The first kappa shape index (κ1) is 18.6. The Morgan fingerprint density at radius 2 is 1.84 bits per heavy atom. The number of methoxy groups -OCH3 is 1. The van der Waals surface area contributed by atoms with Crippen LogP contribution in [0.5, 0.6) is 5.75 Å². The van der Waals surface area contributed by atoms with E-state index in [1.165, 1.54) is 4.90 Å². The predicted octanol–water partition coefficient (Wildman–Crippen LogP) is 2.43. The molecule has 0 radical (unpaired) electrons. The number of carbonyl (C=O) groups is 3. The first-order chi connectivity index (χ1) is 15.0. The summed E-state index contributed by atoms with van der Waals surface area (Å²) in [6.45, 7) is 2.69. The van der Waals surface area contributed by atoms with E-state index in [-0.39, 0.29) is 23.8 Å². The van der Waals surface area contributed by atoms with Gasteiger partial charge in [-0.1, -0.05) is 17.7 Å². The third-order valence-electron chi connectivity index (χ3n) is 7.48. The summed E-state index contributed by atoms with van der Waals surface area (Å²) in [5, 5.41) is 3.01. The highest BCUT2D eigenvalue weighted by Gasteiger charge is 2.74. The average Bonchev–Trinajstić information content (AvgIpc) is 3.47. The lowest BCUT2D eigenvalue weighted by Crippen LogP contribution is -2.54. The Kier molecular flexibility index (Phi) is 3.69. The normalized spacial score (nSPS) is 31.2. The van der Waals surface area contributed by atoms with E-state index < -0.39 is 17.4 Å². The molecule has 6 rings (SSSR count). The summed E-state index contributed by atoms with van der Waals surface area (Å²) in [4.78, 5) is 44.5. The van der Waals surface area contributed by atoms with Crippen LogP contribution in [0.4, 0.5) is 11.4 Å². The number of imide groups is 1. The topological polar surface area (TPSA) is 78.9 Å². The van der Waals surface area contributed by atoms with Crippen LogP contribution in [0.2, 0.25) is 0 Å². The zero-order valence-electron chi connectivity index (χ0n) is 17.4. The van der Waals surface area contributed by atoms with Gasteiger partial charge in [-0.15, -0.1) is 0 Å². The molecule has 1 spiro atoms. The van der Waals surface area contributed by atoms with Gasteiger partial charge in [0.2, 0.25) is 17.7 Å². The van der Waals surface area contributed by atoms with E-state index in [1.807, 2.05) is 25.1 Å². The summed E-state index contributed by atoms with van der Waals surface area (Å²) in [5.41, 5.74) is 1.99. The average molecular weight is 417 g/mol. The number of fused-ring (bicyclic) bond motifs is 7. The number of ether oxygens (including phenoxy) is 1. The van der Waals surface area contributed by atoms with E-state index in [0.29, 0.717) is 18.0 Å². The van der Waals surface area contributed by atoms with Crippen LogP contribution < -0.4 is 15.0 Å². The van der Waals surface area contributed by atoms with E-state index >= 15 is 0 Å². The Morgan fingerprint density at radius 1 is 1.06 bits per heavy atom. The Morgan fingerprint density at radius 3 is 2.58 bits per heavy atom. The molecule has 0 unspecified atom stereocenters. The number of carbonyl (C=O) groups excluding carboxylic acids is 3. The smallest absolute Gasteiger partial charge is 0.250 e. The van der Waals surface area contributed by atoms with E-state index in [2.05, 4.69) is 10.2 Å². The molecule has 0 aromatic heterocycles. The molecule has 158 valence electrons. The van der Waals surface area contributed by atoms with Gasteiger partial charge in [-0.3, -0.25) is 19.3 Å². The number of amides is 3. The number of hydrogen-bond acceptors (Lipinski definition) is 5. The number of rotatable bonds is 2. The zero-order valence-corrected chi connectivity index (χ0v) is 17.4. The molecule has 4 aliphatic rings. The van der Waals surface area contributed by atoms with Crippen molar-refractivity contribution >= 4 is 29.1 Å². The van der Waals surface area contributed by atoms with Gasteiger partial charge in [0, 0.05) is 17.3 Å². The lowest BCUT2D eigenvalue weighted by molar-refractivity contribution is -0.135. The third-order valence-corrected chi connectivity index (χ3v) is 7.48. The molecule has 1 N–H and O–H groups in total. The third kappa shape index (κ3) is 2.14. The molecule has 4 aliphatic heterocycles. The van der Waals surface area contributed by atoms with Crippen molar-refractivity contribution in [3.8, 4) is 5.75 Å². The van der Waals surface area contributed by atoms with Crippen LogP contribution in [-0.4, -0.2) is 42.3 Å². The second-order valence-electron chi connectivity index (χ2n) is 8.89.